The lowest BCUT2D eigenvalue weighted by atomic mass is 10.0. The van der Waals surface area contributed by atoms with Crippen LogP contribution in [0.3, 0.4) is 0 Å². The van der Waals surface area contributed by atoms with Gasteiger partial charge in [0.1, 0.15) is 0 Å². The minimum absolute atomic E-state index is 0.623. The average molecular weight is 130 g/mol. The van der Waals surface area contributed by atoms with Crippen LogP contribution in [0.25, 0.3) is 0 Å². The molecule has 0 aliphatic rings. The Morgan fingerprint density at radius 3 is 2.25 bits per heavy atom. The van der Waals surface area contributed by atoms with E-state index in [1.165, 1.54) is 12.0 Å². The zero-order chi connectivity index (χ0) is 6.57. The molecule has 0 rings (SSSR count). The van der Waals surface area contributed by atoms with Gasteiger partial charge in [-0.05, 0) is 25.0 Å². The van der Waals surface area contributed by atoms with Crippen LogP contribution in [-0.4, -0.2) is 5.75 Å². The normalized spacial score (nSPS) is 13.4. The summed E-state index contributed by atoms with van der Waals surface area (Å²) in [4.78, 5) is 0. The molecule has 48 valence electrons. The van der Waals surface area contributed by atoms with Crippen LogP contribution in [0.5, 0.6) is 0 Å². The van der Waals surface area contributed by atoms with Crippen molar-refractivity contribution in [2.45, 2.75) is 20.3 Å². The van der Waals surface area contributed by atoms with E-state index in [1.807, 2.05) is 0 Å². The Bertz CT molecular complexity index is 72.5. The predicted octanol–water partition coefficient (Wildman–Crippen LogP) is 2.52. The number of allylic oxidation sites excluding steroid dienone is 1. The van der Waals surface area contributed by atoms with E-state index in [2.05, 4.69) is 33.1 Å². The van der Waals surface area contributed by atoms with E-state index in [9.17, 15) is 0 Å². The van der Waals surface area contributed by atoms with Gasteiger partial charge in [0.25, 0.3) is 0 Å². The fourth-order valence-corrected chi connectivity index (χ4v) is 1.20. The third kappa shape index (κ3) is 2.41. The third-order valence-corrected chi connectivity index (χ3v) is 1.85. The summed E-state index contributed by atoms with van der Waals surface area (Å²) in [5.41, 5.74) is 1.25. The van der Waals surface area contributed by atoms with Gasteiger partial charge in [0.05, 0.1) is 0 Å². The highest BCUT2D eigenvalue weighted by atomic mass is 32.1. The first-order valence-corrected chi connectivity index (χ1v) is 3.61. The van der Waals surface area contributed by atoms with Gasteiger partial charge < -0.3 is 0 Å². The lowest BCUT2D eigenvalue weighted by Gasteiger charge is -2.09. The van der Waals surface area contributed by atoms with Gasteiger partial charge in [-0.1, -0.05) is 19.1 Å². The minimum atomic E-state index is 0.623. The van der Waals surface area contributed by atoms with Crippen molar-refractivity contribution < 1.29 is 0 Å². The van der Waals surface area contributed by atoms with E-state index < -0.39 is 0 Å². The molecule has 0 amide bonds. The molecule has 0 aliphatic heterocycles. The molecule has 0 aliphatic carbocycles. The van der Waals surface area contributed by atoms with Gasteiger partial charge in [0.15, 0.2) is 0 Å². The van der Waals surface area contributed by atoms with E-state index in [-0.39, 0.29) is 0 Å². The molecular formula is C7H14S. The fourth-order valence-electron chi connectivity index (χ4n) is 0.633. The second kappa shape index (κ2) is 4.02. The first-order valence-electron chi connectivity index (χ1n) is 2.98. The second-order valence-electron chi connectivity index (χ2n) is 2.13. The van der Waals surface area contributed by atoms with Crippen LogP contribution in [0.15, 0.2) is 12.2 Å². The van der Waals surface area contributed by atoms with Crippen LogP contribution in [0.1, 0.15) is 20.3 Å². The molecule has 0 saturated carbocycles. The van der Waals surface area contributed by atoms with Crippen molar-refractivity contribution in [3.63, 3.8) is 0 Å². The molecule has 1 atom stereocenters. The molecule has 1 unspecified atom stereocenters. The number of thiol groups is 1. The highest BCUT2D eigenvalue weighted by Crippen LogP contribution is 2.12. The summed E-state index contributed by atoms with van der Waals surface area (Å²) in [5, 5.41) is 0. The number of hydrogen-bond acceptors (Lipinski definition) is 1. The zero-order valence-corrected chi connectivity index (χ0v) is 6.54. The Balaban J connectivity index is 3.52. The molecule has 0 nitrogen and oxygen atoms in total. The van der Waals surface area contributed by atoms with Crippen LogP contribution in [-0.2, 0) is 0 Å². The van der Waals surface area contributed by atoms with E-state index in [4.69, 9.17) is 0 Å². The standard InChI is InChI=1S/C7H14S/c1-4-7(5-8)6(2)3/h7-8H,2,4-5H2,1,3H3. The summed E-state index contributed by atoms with van der Waals surface area (Å²) in [6.07, 6.45) is 1.17. The zero-order valence-electron chi connectivity index (χ0n) is 5.65. The first-order chi connectivity index (χ1) is 3.72. The summed E-state index contributed by atoms with van der Waals surface area (Å²) in [7, 11) is 0. The smallest absolute Gasteiger partial charge is 0.00325 e. The number of rotatable bonds is 3. The Labute approximate surface area is 57.4 Å². The van der Waals surface area contributed by atoms with Crippen LogP contribution in [0.4, 0.5) is 0 Å². The maximum absolute atomic E-state index is 4.17. The summed E-state index contributed by atoms with van der Waals surface area (Å²) >= 11 is 4.17. The van der Waals surface area contributed by atoms with Crippen molar-refractivity contribution in [3.05, 3.63) is 12.2 Å². The second-order valence-corrected chi connectivity index (χ2v) is 2.50. The molecule has 0 fully saturated rings. The average Bonchev–Trinajstić information content (AvgIpc) is 1.69. The Hall–Kier alpha value is 0.0900. The lowest BCUT2D eigenvalue weighted by molar-refractivity contribution is 0.671. The maximum atomic E-state index is 4.17. The summed E-state index contributed by atoms with van der Waals surface area (Å²) in [6, 6.07) is 0. The third-order valence-electron chi connectivity index (χ3n) is 1.41. The van der Waals surface area contributed by atoms with Crippen LogP contribution in [0.2, 0.25) is 0 Å². The van der Waals surface area contributed by atoms with Gasteiger partial charge in [0.2, 0.25) is 0 Å². The van der Waals surface area contributed by atoms with Gasteiger partial charge in [-0.2, -0.15) is 12.6 Å². The van der Waals surface area contributed by atoms with Gasteiger partial charge in [-0.25, -0.2) is 0 Å². The van der Waals surface area contributed by atoms with Crippen molar-refractivity contribution in [2.75, 3.05) is 5.75 Å². The molecule has 0 aromatic carbocycles. The van der Waals surface area contributed by atoms with Crippen molar-refractivity contribution in [1.82, 2.24) is 0 Å². The minimum Gasteiger partial charge on any atom is -0.179 e. The van der Waals surface area contributed by atoms with Crippen molar-refractivity contribution in [2.24, 2.45) is 5.92 Å². The summed E-state index contributed by atoms with van der Waals surface area (Å²) in [6.45, 7) is 8.07. The first kappa shape index (κ1) is 8.09. The molecule has 0 bridgehead atoms. The van der Waals surface area contributed by atoms with Gasteiger partial charge in [0, 0.05) is 0 Å². The van der Waals surface area contributed by atoms with Crippen molar-refractivity contribution in [1.29, 1.82) is 0 Å². The Kier molecular flexibility index (Phi) is 4.06. The van der Waals surface area contributed by atoms with E-state index in [1.54, 1.807) is 0 Å². The Morgan fingerprint density at radius 2 is 2.25 bits per heavy atom. The summed E-state index contributed by atoms with van der Waals surface area (Å²) < 4.78 is 0. The molecule has 0 saturated heterocycles. The SMILES string of the molecule is C=C(C)C(CC)CS. The topological polar surface area (TPSA) is 0 Å². The highest BCUT2D eigenvalue weighted by molar-refractivity contribution is 7.80. The van der Waals surface area contributed by atoms with Gasteiger partial charge in [-0.15, -0.1) is 0 Å². The molecule has 0 spiro atoms. The molecule has 0 N–H and O–H groups in total. The van der Waals surface area contributed by atoms with Crippen LogP contribution >= 0.6 is 12.6 Å². The molecule has 0 radical (unpaired) electrons. The van der Waals surface area contributed by atoms with Crippen molar-refractivity contribution in [3.8, 4) is 0 Å². The summed E-state index contributed by atoms with van der Waals surface area (Å²) in [5.74, 6) is 1.56. The molecule has 0 heterocycles. The van der Waals surface area contributed by atoms with E-state index in [0.717, 1.165) is 5.75 Å². The highest BCUT2D eigenvalue weighted by Gasteiger charge is 2.01. The fraction of sp³-hybridized carbons (Fsp3) is 0.714. The van der Waals surface area contributed by atoms with E-state index in [0.29, 0.717) is 5.92 Å². The molecule has 0 aromatic heterocycles. The van der Waals surface area contributed by atoms with Gasteiger partial charge >= 0.3 is 0 Å². The monoisotopic (exact) mass is 130 g/mol. The molecule has 1 heteroatoms. The quantitative estimate of drug-likeness (QED) is 0.440. The predicted molar refractivity (Wildman–Crippen MR) is 42.4 cm³/mol. The lowest BCUT2D eigenvalue weighted by Crippen LogP contribution is -1.99. The van der Waals surface area contributed by atoms with Gasteiger partial charge in [-0.3, -0.25) is 0 Å². The van der Waals surface area contributed by atoms with Crippen LogP contribution < -0.4 is 0 Å². The van der Waals surface area contributed by atoms with Crippen LogP contribution in [0, 0.1) is 5.92 Å². The van der Waals surface area contributed by atoms with Crippen molar-refractivity contribution >= 4 is 12.6 Å². The molecular weight excluding hydrogens is 116 g/mol. The largest absolute Gasteiger partial charge is 0.179 e. The number of hydrogen-bond donors (Lipinski definition) is 1. The maximum Gasteiger partial charge on any atom is -0.00325 e. The van der Waals surface area contributed by atoms with E-state index >= 15 is 0 Å². The molecule has 0 aromatic rings. The molecule has 8 heavy (non-hydrogen) atoms. The Morgan fingerprint density at radius 1 is 1.75 bits per heavy atom.